The fourth-order valence-corrected chi connectivity index (χ4v) is 2.46. The van der Waals surface area contributed by atoms with E-state index in [1.807, 2.05) is 32.9 Å². The van der Waals surface area contributed by atoms with E-state index in [1.165, 1.54) is 18.4 Å². The second-order valence-corrected chi connectivity index (χ2v) is 6.52. The van der Waals surface area contributed by atoms with E-state index in [4.69, 9.17) is 0 Å². The van der Waals surface area contributed by atoms with Crippen LogP contribution in [0.2, 0.25) is 0 Å². The number of benzene rings is 1. The molecule has 0 bridgehead atoms. The smallest absolute Gasteiger partial charge is 0.358 e. The lowest BCUT2D eigenvalue weighted by molar-refractivity contribution is 0.0687. The third kappa shape index (κ3) is 3.35. The second kappa shape index (κ2) is 6.30. The molecule has 0 fully saturated rings. The zero-order valence-electron chi connectivity index (χ0n) is 13.6. The molecule has 2 rings (SSSR count). The first-order valence-electron chi connectivity index (χ1n) is 7.63. The van der Waals surface area contributed by atoms with Crippen molar-refractivity contribution in [2.24, 2.45) is 0 Å². The summed E-state index contributed by atoms with van der Waals surface area (Å²) in [5, 5.41) is 17.2. The Morgan fingerprint density at radius 1 is 1.23 bits per heavy atom. The normalized spacial score (nSPS) is 11.6. The summed E-state index contributed by atoms with van der Waals surface area (Å²) in [7, 11) is 0. The molecule has 5 nitrogen and oxygen atoms in total. The molecule has 1 aromatic heterocycles. The molecule has 118 valence electrons. The van der Waals surface area contributed by atoms with E-state index in [0.29, 0.717) is 5.69 Å². The van der Waals surface area contributed by atoms with E-state index < -0.39 is 5.97 Å². The molecule has 22 heavy (non-hydrogen) atoms. The second-order valence-electron chi connectivity index (χ2n) is 6.52. The summed E-state index contributed by atoms with van der Waals surface area (Å²) in [6.07, 6.45) is 3.39. The Morgan fingerprint density at radius 3 is 2.36 bits per heavy atom. The average molecular weight is 301 g/mol. The van der Waals surface area contributed by atoms with E-state index in [1.54, 1.807) is 4.68 Å². The molecule has 0 radical (unpaired) electrons. The van der Waals surface area contributed by atoms with Gasteiger partial charge in [-0.2, -0.15) is 0 Å². The molecular weight excluding hydrogens is 278 g/mol. The number of aryl methyl sites for hydroxylation is 1. The maximum absolute atomic E-state index is 11.4. The van der Waals surface area contributed by atoms with Crippen molar-refractivity contribution in [1.29, 1.82) is 0 Å². The lowest BCUT2D eigenvalue weighted by Crippen LogP contribution is -2.21. The summed E-state index contributed by atoms with van der Waals surface area (Å²) in [5.74, 6) is -1.05. The first-order chi connectivity index (χ1) is 10.3. The maximum atomic E-state index is 11.4. The van der Waals surface area contributed by atoms with Gasteiger partial charge in [0.2, 0.25) is 0 Å². The van der Waals surface area contributed by atoms with Gasteiger partial charge in [0.05, 0.1) is 11.4 Å². The minimum Gasteiger partial charge on any atom is -0.476 e. The fourth-order valence-electron chi connectivity index (χ4n) is 2.46. The number of rotatable bonds is 5. The van der Waals surface area contributed by atoms with Crippen LogP contribution >= 0.6 is 0 Å². The van der Waals surface area contributed by atoms with Crippen molar-refractivity contribution in [2.75, 3.05) is 0 Å². The Morgan fingerprint density at radius 2 is 1.86 bits per heavy atom. The number of aromatic carboxylic acids is 1. The number of carbonyl (C=O) groups is 1. The fraction of sp³-hybridized carbons (Fsp3) is 0.471. The maximum Gasteiger partial charge on any atom is 0.358 e. The predicted octanol–water partition coefficient (Wildman–Crippen LogP) is 3.61. The van der Waals surface area contributed by atoms with Gasteiger partial charge in [-0.15, -0.1) is 5.10 Å². The van der Waals surface area contributed by atoms with Crippen LogP contribution in [0.5, 0.6) is 0 Å². The Kier molecular flexibility index (Phi) is 4.64. The van der Waals surface area contributed by atoms with Crippen LogP contribution < -0.4 is 0 Å². The average Bonchev–Trinajstić information content (AvgIpc) is 2.91. The first kappa shape index (κ1) is 16.2. The van der Waals surface area contributed by atoms with E-state index in [9.17, 15) is 9.90 Å². The van der Waals surface area contributed by atoms with Gasteiger partial charge in [0.1, 0.15) is 0 Å². The highest BCUT2D eigenvalue weighted by Gasteiger charge is 2.29. The highest BCUT2D eigenvalue weighted by molar-refractivity contribution is 5.87. The van der Waals surface area contributed by atoms with Gasteiger partial charge in [0, 0.05) is 5.41 Å². The van der Waals surface area contributed by atoms with Crippen molar-refractivity contribution < 1.29 is 9.90 Å². The van der Waals surface area contributed by atoms with Gasteiger partial charge in [-0.1, -0.05) is 51.5 Å². The van der Waals surface area contributed by atoms with Crippen LogP contribution in [0.4, 0.5) is 0 Å². The molecule has 0 aliphatic rings. The molecule has 5 heteroatoms. The standard InChI is InChI=1S/C17H23N3O2/c1-5-6-7-12-8-10-13(11-9-12)20-15(17(2,3)4)14(16(21)22)18-19-20/h8-11H,5-7H2,1-4H3,(H,21,22). The van der Waals surface area contributed by atoms with E-state index >= 15 is 0 Å². The molecular formula is C17H23N3O2. The topological polar surface area (TPSA) is 68.0 Å². The van der Waals surface area contributed by atoms with Crippen molar-refractivity contribution in [2.45, 2.75) is 52.4 Å². The molecule has 0 aliphatic carbocycles. The van der Waals surface area contributed by atoms with Crippen LogP contribution in [0.25, 0.3) is 5.69 Å². The largest absolute Gasteiger partial charge is 0.476 e. The molecule has 0 aliphatic heterocycles. The summed E-state index contributed by atoms with van der Waals surface area (Å²) in [6, 6.07) is 8.08. The van der Waals surface area contributed by atoms with E-state index in [0.717, 1.165) is 12.1 Å². The summed E-state index contributed by atoms with van der Waals surface area (Å²) < 4.78 is 1.63. The highest BCUT2D eigenvalue weighted by Crippen LogP contribution is 2.27. The molecule has 0 saturated carbocycles. The van der Waals surface area contributed by atoms with Crippen molar-refractivity contribution in [1.82, 2.24) is 15.0 Å². The quantitative estimate of drug-likeness (QED) is 0.916. The zero-order chi connectivity index (χ0) is 16.3. The third-order valence-corrected chi connectivity index (χ3v) is 3.58. The van der Waals surface area contributed by atoms with Gasteiger partial charge in [0.15, 0.2) is 5.69 Å². The van der Waals surface area contributed by atoms with Crippen LogP contribution in [0.15, 0.2) is 24.3 Å². The molecule has 0 spiro atoms. The molecule has 2 aromatic rings. The van der Waals surface area contributed by atoms with Crippen molar-refractivity contribution >= 4 is 5.97 Å². The highest BCUT2D eigenvalue weighted by atomic mass is 16.4. The van der Waals surface area contributed by atoms with Gasteiger partial charge in [-0.25, -0.2) is 9.48 Å². The molecule has 1 aromatic carbocycles. The molecule has 1 heterocycles. The van der Waals surface area contributed by atoms with Crippen LogP contribution in [-0.4, -0.2) is 26.1 Å². The van der Waals surface area contributed by atoms with E-state index in [2.05, 4.69) is 29.4 Å². The summed E-state index contributed by atoms with van der Waals surface area (Å²) in [5.41, 5.74) is 2.38. The van der Waals surface area contributed by atoms with Gasteiger partial charge in [-0.3, -0.25) is 0 Å². The van der Waals surface area contributed by atoms with Crippen molar-refractivity contribution in [3.63, 3.8) is 0 Å². The summed E-state index contributed by atoms with van der Waals surface area (Å²) >= 11 is 0. The summed E-state index contributed by atoms with van der Waals surface area (Å²) in [4.78, 5) is 11.4. The lowest BCUT2D eigenvalue weighted by Gasteiger charge is -2.20. The predicted molar refractivity (Wildman–Crippen MR) is 85.6 cm³/mol. The Bertz CT molecular complexity index is 652. The third-order valence-electron chi connectivity index (χ3n) is 3.58. The van der Waals surface area contributed by atoms with Gasteiger partial charge < -0.3 is 5.11 Å². The number of carboxylic acid groups (broad SMARTS) is 1. The number of hydrogen-bond acceptors (Lipinski definition) is 3. The SMILES string of the molecule is CCCCc1ccc(-n2nnc(C(=O)O)c2C(C)(C)C)cc1. The van der Waals surface area contributed by atoms with E-state index in [-0.39, 0.29) is 11.1 Å². The number of unbranched alkanes of at least 4 members (excludes halogenated alkanes) is 1. The first-order valence-corrected chi connectivity index (χ1v) is 7.63. The van der Waals surface area contributed by atoms with Crippen LogP contribution in [0.1, 0.15) is 62.3 Å². The Hall–Kier alpha value is -2.17. The van der Waals surface area contributed by atoms with Gasteiger partial charge in [0.25, 0.3) is 0 Å². The number of nitrogens with zero attached hydrogens (tertiary/aromatic N) is 3. The minimum absolute atomic E-state index is 0.0163. The monoisotopic (exact) mass is 301 g/mol. The minimum atomic E-state index is -1.05. The summed E-state index contributed by atoms with van der Waals surface area (Å²) in [6.45, 7) is 8.06. The number of aromatic nitrogens is 3. The Labute approximate surface area is 131 Å². The zero-order valence-corrected chi connectivity index (χ0v) is 13.6. The van der Waals surface area contributed by atoms with Crippen LogP contribution in [-0.2, 0) is 11.8 Å². The van der Waals surface area contributed by atoms with Crippen LogP contribution in [0, 0.1) is 0 Å². The molecule has 0 atom stereocenters. The molecule has 1 N–H and O–H groups in total. The van der Waals surface area contributed by atoms with Gasteiger partial charge in [-0.05, 0) is 30.5 Å². The number of hydrogen-bond donors (Lipinski definition) is 1. The van der Waals surface area contributed by atoms with Crippen molar-refractivity contribution in [3.05, 3.63) is 41.2 Å². The lowest BCUT2D eigenvalue weighted by atomic mass is 9.90. The Balaban J connectivity index is 2.42. The molecule has 0 saturated heterocycles. The molecule has 0 amide bonds. The number of carboxylic acids is 1. The van der Waals surface area contributed by atoms with Gasteiger partial charge >= 0.3 is 5.97 Å². The van der Waals surface area contributed by atoms with Crippen molar-refractivity contribution in [3.8, 4) is 5.69 Å². The molecule has 0 unspecified atom stereocenters. The van der Waals surface area contributed by atoms with Crippen LogP contribution in [0.3, 0.4) is 0 Å².